The molecular formula is C30H32F6O3. The number of fused-ring (bicyclic) bond motifs is 1. The Kier molecular flexibility index (Phi) is 9.77. The molecule has 0 bridgehead atoms. The predicted molar refractivity (Wildman–Crippen MR) is 136 cm³/mol. The van der Waals surface area contributed by atoms with Crippen LogP contribution in [0.15, 0.2) is 42.5 Å². The maximum atomic E-state index is 15.2. The molecule has 1 saturated heterocycles. The summed E-state index contributed by atoms with van der Waals surface area (Å²) < 4.78 is 95.4. The Morgan fingerprint density at radius 1 is 0.821 bits per heavy atom. The maximum absolute atomic E-state index is 15.2. The van der Waals surface area contributed by atoms with Gasteiger partial charge in [-0.3, -0.25) is 0 Å². The molecule has 0 N–H and O–H groups in total. The molecule has 0 spiro atoms. The monoisotopic (exact) mass is 554 g/mol. The van der Waals surface area contributed by atoms with Crippen LogP contribution in [-0.2, 0) is 28.7 Å². The summed E-state index contributed by atoms with van der Waals surface area (Å²) in [6, 6.07) is 10.4. The quantitative estimate of drug-likeness (QED) is 0.176. The number of hydrogen-bond donors (Lipinski definition) is 0. The third-order valence-corrected chi connectivity index (χ3v) is 6.98. The summed E-state index contributed by atoms with van der Waals surface area (Å²) >= 11 is 0. The summed E-state index contributed by atoms with van der Waals surface area (Å²) in [5.41, 5.74) is 1.46. The molecule has 1 aliphatic rings. The molecule has 0 atom stereocenters. The van der Waals surface area contributed by atoms with Crippen LogP contribution in [0.1, 0.15) is 55.7 Å². The summed E-state index contributed by atoms with van der Waals surface area (Å²) in [5.74, 6) is -4.43. The number of rotatable bonds is 11. The molecule has 1 aliphatic heterocycles. The van der Waals surface area contributed by atoms with Gasteiger partial charge in [0.2, 0.25) is 5.75 Å². The second-order valence-corrected chi connectivity index (χ2v) is 10.0. The van der Waals surface area contributed by atoms with Crippen LogP contribution in [0.4, 0.5) is 26.3 Å². The average Bonchev–Trinajstić information content (AvgIpc) is 2.89. The van der Waals surface area contributed by atoms with Crippen LogP contribution < -0.4 is 4.74 Å². The van der Waals surface area contributed by atoms with E-state index in [1.165, 1.54) is 19.3 Å². The highest BCUT2D eigenvalue weighted by atomic mass is 19.4. The van der Waals surface area contributed by atoms with E-state index in [4.69, 9.17) is 9.47 Å². The van der Waals surface area contributed by atoms with Gasteiger partial charge in [-0.05, 0) is 59.9 Å². The van der Waals surface area contributed by atoms with Crippen LogP contribution in [0, 0.1) is 23.4 Å². The zero-order valence-electron chi connectivity index (χ0n) is 21.8. The van der Waals surface area contributed by atoms with E-state index in [9.17, 15) is 22.0 Å². The van der Waals surface area contributed by atoms with E-state index in [0.717, 1.165) is 35.9 Å². The van der Waals surface area contributed by atoms with Gasteiger partial charge in [-0.2, -0.15) is 0 Å². The lowest BCUT2D eigenvalue weighted by molar-refractivity contribution is -0.276. The van der Waals surface area contributed by atoms with E-state index in [1.807, 2.05) is 12.1 Å². The highest BCUT2D eigenvalue weighted by molar-refractivity contribution is 5.84. The Balaban J connectivity index is 1.33. The van der Waals surface area contributed by atoms with E-state index in [0.29, 0.717) is 36.5 Å². The van der Waals surface area contributed by atoms with Crippen LogP contribution in [-0.4, -0.2) is 25.9 Å². The van der Waals surface area contributed by atoms with Crippen molar-refractivity contribution in [2.75, 3.05) is 13.2 Å². The molecule has 3 nitrogen and oxygen atoms in total. The largest absolute Gasteiger partial charge is 0.573 e. The fraction of sp³-hybridized carbons (Fsp3) is 0.467. The number of benzene rings is 3. The van der Waals surface area contributed by atoms with Gasteiger partial charge in [-0.15, -0.1) is 13.2 Å². The van der Waals surface area contributed by atoms with Crippen molar-refractivity contribution in [1.29, 1.82) is 0 Å². The van der Waals surface area contributed by atoms with Crippen molar-refractivity contribution in [3.63, 3.8) is 0 Å². The smallest absolute Gasteiger partial charge is 0.399 e. The van der Waals surface area contributed by atoms with Gasteiger partial charge in [0.25, 0.3) is 0 Å². The molecule has 39 heavy (non-hydrogen) atoms. The first kappa shape index (κ1) is 29.2. The van der Waals surface area contributed by atoms with Crippen LogP contribution in [0.5, 0.6) is 5.75 Å². The molecule has 1 heterocycles. The standard InChI is InChI=1S/C30H32F6O3/c1-2-3-4-5-21-17-37-27(38-18-21)13-8-19-7-12-24-23(14-19)11-10-22(28(24)33)9-6-20-15-25(31)29(26(32)16-20)39-30(34,35)36/h7,10-12,14-16,21,27H,2-6,8-9,13,17-18H2,1H3. The molecular weight excluding hydrogens is 522 g/mol. The Morgan fingerprint density at radius 2 is 1.54 bits per heavy atom. The SMILES string of the molecule is CCCCCC1COC(CCc2ccc3c(F)c(CCc4cc(F)c(OC(F)(F)F)c(F)c4)ccc3c2)OC1. The Hall–Kier alpha value is -2.78. The molecule has 0 saturated carbocycles. The predicted octanol–water partition coefficient (Wildman–Crippen LogP) is 8.44. The van der Waals surface area contributed by atoms with Crippen LogP contribution in [0.2, 0.25) is 0 Å². The van der Waals surface area contributed by atoms with E-state index < -0.39 is 29.6 Å². The number of ether oxygens (including phenoxy) is 3. The summed E-state index contributed by atoms with van der Waals surface area (Å²) in [6.45, 7) is 3.61. The lowest BCUT2D eigenvalue weighted by Gasteiger charge is -2.29. The Labute approximate surface area is 224 Å². The summed E-state index contributed by atoms with van der Waals surface area (Å²) in [4.78, 5) is 0. The minimum atomic E-state index is -5.22. The molecule has 4 rings (SSSR count). The van der Waals surface area contributed by atoms with E-state index in [2.05, 4.69) is 11.7 Å². The van der Waals surface area contributed by atoms with Crippen molar-refractivity contribution in [3.8, 4) is 5.75 Å². The lowest BCUT2D eigenvalue weighted by Crippen LogP contribution is -2.32. The van der Waals surface area contributed by atoms with Crippen molar-refractivity contribution in [1.82, 2.24) is 0 Å². The second-order valence-electron chi connectivity index (χ2n) is 10.0. The molecule has 0 amide bonds. The highest BCUT2D eigenvalue weighted by Crippen LogP contribution is 2.30. The molecule has 212 valence electrons. The third-order valence-electron chi connectivity index (χ3n) is 6.98. The lowest BCUT2D eigenvalue weighted by atomic mass is 9.98. The molecule has 1 fully saturated rings. The van der Waals surface area contributed by atoms with Crippen molar-refractivity contribution >= 4 is 10.8 Å². The number of halogens is 6. The van der Waals surface area contributed by atoms with Crippen LogP contribution >= 0.6 is 0 Å². The van der Waals surface area contributed by atoms with Crippen LogP contribution in [0.25, 0.3) is 10.8 Å². The zero-order valence-corrected chi connectivity index (χ0v) is 21.8. The first-order valence-corrected chi connectivity index (χ1v) is 13.3. The minimum Gasteiger partial charge on any atom is -0.399 e. The summed E-state index contributed by atoms with van der Waals surface area (Å²) in [6.07, 6.45) is 0.828. The fourth-order valence-electron chi connectivity index (χ4n) is 4.87. The van der Waals surface area contributed by atoms with Gasteiger partial charge in [0, 0.05) is 17.7 Å². The van der Waals surface area contributed by atoms with Crippen molar-refractivity contribution in [2.24, 2.45) is 5.92 Å². The number of alkyl halides is 3. The van der Waals surface area contributed by atoms with Gasteiger partial charge in [0.15, 0.2) is 17.9 Å². The van der Waals surface area contributed by atoms with Gasteiger partial charge >= 0.3 is 6.36 Å². The van der Waals surface area contributed by atoms with Crippen molar-refractivity contribution < 1.29 is 40.6 Å². The van der Waals surface area contributed by atoms with Gasteiger partial charge in [0.05, 0.1) is 13.2 Å². The van der Waals surface area contributed by atoms with E-state index in [1.54, 1.807) is 18.2 Å². The molecule has 3 aromatic carbocycles. The normalized spacial score (nSPS) is 18.0. The van der Waals surface area contributed by atoms with Crippen LogP contribution in [0.3, 0.4) is 0 Å². The van der Waals surface area contributed by atoms with Crippen molar-refractivity contribution in [3.05, 3.63) is 76.6 Å². The van der Waals surface area contributed by atoms with Gasteiger partial charge in [-0.1, -0.05) is 56.5 Å². The van der Waals surface area contributed by atoms with E-state index in [-0.39, 0.29) is 24.7 Å². The Bertz CT molecular complexity index is 1230. The Morgan fingerprint density at radius 3 is 2.21 bits per heavy atom. The molecule has 0 aromatic heterocycles. The minimum absolute atomic E-state index is 0.0293. The summed E-state index contributed by atoms with van der Waals surface area (Å²) in [7, 11) is 0. The molecule has 0 radical (unpaired) electrons. The average molecular weight is 555 g/mol. The highest BCUT2D eigenvalue weighted by Gasteiger charge is 2.34. The first-order chi connectivity index (χ1) is 18.6. The van der Waals surface area contributed by atoms with Gasteiger partial charge in [-0.25, -0.2) is 13.2 Å². The van der Waals surface area contributed by atoms with Crippen molar-refractivity contribution in [2.45, 2.75) is 70.9 Å². The molecule has 0 unspecified atom stereocenters. The topological polar surface area (TPSA) is 27.7 Å². The third kappa shape index (κ3) is 8.11. The number of aryl methyl sites for hydroxylation is 3. The fourth-order valence-corrected chi connectivity index (χ4v) is 4.87. The summed E-state index contributed by atoms with van der Waals surface area (Å²) in [5, 5.41) is 1.14. The van der Waals surface area contributed by atoms with E-state index >= 15 is 4.39 Å². The number of unbranched alkanes of at least 4 members (excludes halogenated alkanes) is 2. The van der Waals surface area contributed by atoms with Gasteiger partial charge < -0.3 is 14.2 Å². The zero-order chi connectivity index (χ0) is 28.0. The number of hydrogen-bond acceptors (Lipinski definition) is 3. The van der Waals surface area contributed by atoms with Gasteiger partial charge in [0.1, 0.15) is 5.82 Å². The molecule has 0 aliphatic carbocycles. The molecule has 9 heteroatoms. The maximum Gasteiger partial charge on any atom is 0.573 e. The second kappa shape index (κ2) is 13.0. The molecule has 3 aromatic rings. The first-order valence-electron chi connectivity index (χ1n) is 13.3.